The van der Waals surface area contributed by atoms with E-state index < -0.39 is 0 Å². The maximum absolute atomic E-state index is 12.5. The minimum Gasteiger partial charge on any atom is -0.469 e. The lowest BCUT2D eigenvalue weighted by molar-refractivity contribution is -0.132. The van der Waals surface area contributed by atoms with Crippen LogP contribution in [0.25, 0.3) is 11.4 Å². The fourth-order valence-electron chi connectivity index (χ4n) is 3.15. The van der Waals surface area contributed by atoms with Gasteiger partial charge in [-0.2, -0.15) is 0 Å². The maximum Gasteiger partial charge on any atom is 0.233 e. The number of rotatable bonds is 6. The first-order valence-corrected chi connectivity index (χ1v) is 9.67. The summed E-state index contributed by atoms with van der Waals surface area (Å²) in [7, 11) is 0. The number of thioether (sulfide) groups is 1. The summed E-state index contributed by atoms with van der Waals surface area (Å²) < 4.78 is 7.32. The summed E-state index contributed by atoms with van der Waals surface area (Å²) in [5, 5.41) is 9.19. The van der Waals surface area contributed by atoms with Crippen LogP contribution >= 0.6 is 11.8 Å². The summed E-state index contributed by atoms with van der Waals surface area (Å²) >= 11 is 1.36. The number of aryl methyl sites for hydroxylation is 1. The summed E-state index contributed by atoms with van der Waals surface area (Å²) in [4.78, 5) is 25.6. The van der Waals surface area contributed by atoms with Gasteiger partial charge in [0.15, 0.2) is 11.0 Å². The van der Waals surface area contributed by atoms with Crippen molar-refractivity contribution in [3.8, 4) is 11.4 Å². The molecule has 0 radical (unpaired) electrons. The summed E-state index contributed by atoms with van der Waals surface area (Å²) in [5.41, 5.74) is 6.28. The average Bonchev–Trinajstić information content (AvgIpc) is 3.24. The topological polar surface area (TPSA) is 107 Å². The second-order valence-corrected chi connectivity index (χ2v) is 7.25. The number of furan rings is 1. The molecule has 0 aliphatic carbocycles. The van der Waals surface area contributed by atoms with Crippen LogP contribution < -0.4 is 5.73 Å². The van der Waals surface area contributed by atoms with Crippen molar-refractivity contribution in [1.29, 1.82) is 0 Å². The second kappa shape index (κ2) is 7.94. The van der Waals surface area contributed by atoms with Gasteiger partial charge in [-0.1, -0.05) is 11.8 Å². The molecule has 2 N–H and O–H groups in total. The lowest BCUT2D eigenvalue weighted by Gasteiger charge is -2.31. The Labute approximate surface area is 156 Å². The number of primary amides is 1. The number of piperidine rings is 1. The van der Waals surface area contributed by atoms with E-state index in [-0.39, 0.29) is 23.5 Å². The van der Waals surface area contributed by atoms with Crippen LogP contribution in [-0.4, -0.2) is 50.3 Å². The Morgan fingerprint density at radius 3 is 2.88 bits per heavy atom. The molecule has 2 aromatic heterocycles. The highest BCUT2D eigenvalue weighted by molar-refractivity contribution is 7.99. The molecule has 0 bridgehead atoms. The van der Waals surface area contributed by atoms with E-state index in [0.717, 1.165) is 30.0 Å². The predicted molar refractivity (Wildman–Crippen MR) is 97.4 cm³/mol. The minimum atomic E-state index is -0.332. The zero-order chi connectivity index (χ0) is 18.7. The average molecular weight is 377 g/mol. The van der Waals surface area contributed by atoms with Crippen LogP contribution in [0.2, 0.25) is 0 Å². The molecule has 9 heteroatoms. The Morgan fingerprint density at radius 1 is 1.42 bits per heavy atom. The van der Waals surface area contributed by atoms with Gasteiger partial charge in [-0.05, 0) is 32.8 Å². The van der Waals surface area contributed by atoms with Gasteiger partial charge in [-0.15, -0.1) is 10.2 Å². The fraction of sp³-hybridized carbons (Fsp3) is 0.529. The van der Waals surface area contributed by atoms with Gasteiger partial charge in [-0.3, -0.25) is 9.59 Å². The molecular weight excluding hydrogens is 354 g/mol. The molecule has 0 saturated carbocycles. The zero-order valence-corrected chi connectivity index (χ0v) is 15.8. The first-order chi connectivity index (χ1) is 12.5. The number of hydrogen-bond donors (Lipinski definition) is 1. The third kappa shape index (κ3) is 3.77. The first-order valence-electron chi connectivity index (χ1n) is 8.68. The van der Waals surface area contributed by atoms with Crippen molar-refractivity contribution in [1.82, 2.24) is 19.7 Å². The number of carbonyl (C=O) groups excluding carboxylic acids is 2. The highest BCUT2D eigenvalue weighted by Crippen LogP contribution is 2.27. The van der Waals surface area contributed by atoms with Gasteiger partial charge in [0, 0.05) is 19.6 Å². The molecule has 3 rings (SSSR count). The molecule has 0 spiro atoms. The number of carbonyl (C=O) groups is 2. The van der Waals surface area contributed by atoms with E-state index in [2.05, 4.69) is 10.2 Å². The minimum absolute atomic E-state index is 0.00681. The van der Waals surface area contributed by atoms with Crippen molar-refractivity contribution >= 4 is 23.6 Å². The molecule has 1 aliphatic heterocycles. The first kappa shape index (κ1) is 18.5. The van der Waals surface area contributed by atoms with Crippen LogP contribution in [0.1, 0.15) is 25.5 Å². The Bertz CT molecular complexity index is 800. The van der Waals surface area contributed by atoms with Gasteiger partial charge in [0.25, 0.3) is 0 Å². The van der Waals surface area contributed by atoms with E-state index in [4.69, 9.17) is 10.2 Å². The Morgan fingerprint density at radius 2 is 2.23 bits per heavy atom. The van der Waals surface area contributed by atoms with Crippen LogP contribution in [0, 0.1) is 12.8 Å². The third-order valence-corrected chi connectivity index (χ3v) is 5.59. The summed E-state index contributed by atoms with van der Waals surface area (Å²) in [5.74, 6) is 1.20. The lowest BCUT2D eigenvalue weighted by Crippen LogP contribution is -2.44. The van der Waals surface area contributed by atoms with Gasteiger partial charge >= 0.3 is 0 Å². The van der Waals surface area contributed by atoms with Crippen LogP contribution in [0.15, 0.2) is 21.9 Å². The number of nitrogens with two attached hydrogens (primary N) is 1. The molecule has 1 saturated heterocycles. The number of hydrogen-bond acceptors (Lipinski definition) is 6. The highest BCUT2D eigenvalue weighted by atomic mass is 32.2. The zero-order valence-electron chi connectivity index (χ0n) is 15.0. The number of aromatic nitrogens is 3. The van der Waals surface area contributed by atoms with Crippen molar-refractivity contribution in [3.05, 3.63) is 18.1 Å². The van der Waals surface area contributed by atoms with Crippen molar-refractivity contribution in [2.45, 2.75) is 38.4 Å². The third-order valence-electron chi connectivity index (χ3n) is 4.63. The van der Waals surface area contributed by atoms with Gasteiger partial charge in [0.1, 0.15) is 5.76 Å². The largest absolute Gasteiger partial charge is 0.469 e. The molecule has 1 fully saturated rings. The van der Waals surface area contributed by atoms with Crippen LogP contribution in [0.4, 0.5) is 0 Å². The van der Waals surface area contributed by atoms with E-state index in [1.165, 1.54) is 11.8 Å². The SMILES string of the molecule is CCn1c(SCC(=O)N2CCC[C@@H](C(N)=O)C2)nnc1-c1ccoc1C. The monoisotopic (exact) mass is 377 g/mol. The van der Waals surface area contributed by atoms with Crippen molar-refractivity contribution < 1.29 is 14.0 Å². The second-order valence-electron chi connectivity index (χ2n) is 6.31. The van der Waals surface area contributed by atoms with E-state index in [1.807, 2.05) is 24.5 Å². The fourth-order valence-corrected chi connectivity index (χ4v) is 4.06. The molecule has 1 aliphatic rings. The van der Waals surface area contributed by atoms with E-state index in [1.54, 1.807) is 11.2 Å². The van der Waals surface area contributed by atoms with E-state index >= 15 is 0 Å². The Balaban J connectivity index is 1.66. The van der Waals surface area contributed by atoms with E-state index in [0.29, 0.717) is 24.8 Å². The molecule has 0 aromatic carbocycles. The van der Waals surface area contributed by atoms with Crippen LogP contribution in [-0.2, 0) is 16.1 Å². The van der Waals surface area contributed by atoms with Crippen molar-refractivity contribution in [3.63, 3.8) is 0 Å². The van der Waals surface area contributed by atoms with Crippen LogP contribution in [0.3, 0.4) is 0 Å². The lowest BCUT2D eigenvalue weighted by atomic mass is 9.97. The summed E-state index contributed by atoms with van der Waals surface area (Å²) in [6.45, 7) is 5.66. The Hall–Kier alpha value is -2.29. The van der Waals surface area contributed by atoms with Gasteiger partial charge in [0.2, 0.25) is 11.8 Å². The quantitative estimate of drug-likeness (QED) is 0.768. The number of nitrogens with zero attached hydrogens (tertiary/aromatic N) is 4. The molecule has 26 heavy (non-hydrogen) atoms. The van der Waals surface area contributed by atoms with E-state index in [9.17, 15) is 9.59 Å². The molecule has 8 nitrogen and oxygen atoms in total. The molecule has 3 heterocycles. The highest BCUT2D eigenvalue weighted by Gasteiger charge is 2.27. The molecule has 140 valence electrons. The standard InChI is InChI=1S/C17H23N5O3S/c1-3-22-16(13-6-8-25-11(13)2)19-20-17(22)26-10-14(23)21-7-4-5-12(9-21)15(18)24/h6,8,12H,3-5,7,9-10H2,1-2H3,(H2,18,24)/t12-/m1/s1. The van der Waals surface area contributed by atoms with Crippen molar-refractivity contribution in [2.24, 2.45) is 11.7 Å². The molecular formula is C17H23N5O3S. The summed E-state index contributed by atoms with van der Waals surface area (Å²) in [6, 6.07) is 1.86. The number of likely N-dealkylation sites (tertiary alicyclic amines) is 1. The smallest absolute Gasteiger partial charge is 0.233 e. The van der Waals surface area contributed by atoms with Gasteiger partial charge in [0.05, 0.1) is 23.5 Å². The molecule has 2 amide bonds. The molecule has 1 atom stereocenters. The normalized spacial score (nSPS) is 17.5. The van der Waals surface area contributed by atoms with Crippen molar-refractivity contribution in [2.75, 3.05) is 18.8 Å². The molecule has 0 unspecified atom stereocenters. The van der Waals surface area contributed by atoms with Crippen LogP contribution in [0.5, 0.6) is 0 Å². The maximum atomic E-state index is 12.5. The Kier molecular flexibility index (Phi) is 5.65. The molecule has 2 aromatic rings. The summed E-state index contributed by atoms with van der Waals surface area (Å²) in [6.07, 6.45) is 3.18. The number of amides is 2. The van der Waals surface area contributed by atoms with Gasteiger partial charge < -0.3 is 19.6 Å². The predicted octanol–water partition coefficient (Wildman–Crippen LogP) is 1.68. The van der Waals surface area contributed by atoms with Gasteiger partial charge in [-0.25, -0.2) is 0 Å².